The van der Waals surface area contributed by atoms with E-state index in [1.165, 1.54) is 103 Å². The molecule has 0 amide bonds. The van der Waals surface area contributed by atoms with Gasteiger partial charge in [-0.2, -0.15) is 4.98 Å². The highest BCUT2D eigenvalue weighted by molar-refractivity contribution is 7.52. The molecule has 2 aromatic rings. The Morgan fingerprint density at radius 3 is 2.18 bits per heavy atom. The van der Waals surface area contributed by atoms with Crippen LogP contribution in [-0.2, 0) is 28.1 Å². The predicted molar refractivity (Wildman–Crippen MR) is 197 cm³/mol. The second-order valence-corrected chi connectivity index (χ2v) is 16.3. The Balaban J connectivity index is 1.03. The first-order valence-corrected chi connectivity index (χ1v) is 21.6. The van der Waals surface area contributed by atoms with Crippen LogP contribution in [0.2, 0.25) is 5.28 Å². The van der Waals surface area contributed by atoms with E-state index in [9.17, 15) is 14.8 Å². The van der Waals surface area contributed by atoms with E-state index in [0.29, 0.717) is 30.5 Å². The Hall–Kier alpha value is -1.34. The second kappa shape index (κ2) is 22.7. The summed E-state index contributed by atoms with van der Waals surface area (Å²) in [5.74, 6) is 0.627. The van der Waals surface area contributed by atoms with Crippen molar-refractivity contribution in [3.8, 4) is 0 Å². The molecule has 0 spiro atoms. The Bertz CT molecular complexity index is 1280. The molecule has 14 heteroatoms. The first kappa shape index (κ1) is 41.4. The van der Waals surface area contributed by atoms with Gasteiger partial charge in [-0.1, -0.05) is 103 Å². The lowest BCUT2D eigenvalue weighted by atomic mass is 10.0. The minimum Gasteiger partial charge on any atom is -0.387 e. The van der Waals surface area contributed by atoms with E-state index in [1.807, 2.05) is 6.07 Å². The van der Waals surface area contributed by atoms with Crippen LogP contribution in [0.4, 0.5) is 5.82 Å². The highest BCUT2D eigenvalue weighted by Crippen LogP contribution is 2.44. The molecule has 2 fully saturated rings. The molecular weight excluding hydrogens is 683 g/mol. The van der Waals surface area contributed by atoms with E-state index in [0.717, 1.165) is 31.3 Å². The topological polar surface area (TPSA) is 146 Å². The lowest BCUT2D eigenvalue weighted by molar-refractivity contribution is -0.239. The Morgan fingerprint density at radius 2 is 1.52 bits per heavy atom. The third-order valence-corrected chi connectivity index (χ3v) is 10.9. The van der Waals surface area contributed by atoms with Gasteiger partial charge in [0.25, 0.3) is 0 Å². The Kier molecular flexibility index (Phi) is 18.8. The summed E-state index contributed by atoms with van der Waals surface area (Å²) in [4.78, 5) is 13.9. The molecule has 1 unspecified atom stereocenters. The number of ether oxygens (including phenoxy) is 2. The Morgan fingerprint density at radius 1 is 0.900 bits per heavy atom. The minimum absolute atomic E-state index is 0.0644. The fraction of sp³-hybridized carbons (Fsp3) is 0.833. The molecule has 4 rings (SSSR count). The highest BCUT2D eigenvalue weighted by atomic mass is 35.5. The van der Waals surface area contributed by atoms with Gasteiger partial charge in [-0.05, 0) is 43.4 Å². The predicted octanol–water partition coefficient (Wildman–Crippen LogP) is 8.73. The van der Waals surface area contributed by atoms with Crippen molar-refractivity contribution in [3.63, 3.8) is 0 Å². The summed E-state index contributed by atoms with van der Waals surface area (Å²) in [5, 5.41) is 25.8. The fourth-order valence-electron chi connectivity index (χ4n) is 6.79. The molecule has 50 heavy (non-hydrogen) atoms. The van der Waals surface area contributed by atoms with Crippen LogP contribution in [0, 0.1) is 0 Å². The summed E-state index contributed by atoms with van der Waals surface area (Å²) < 4.78 is 36.5. The molecule has 2 aromatic heterocycles. The number of rotatable bonds is 27. The highest BCUT2D eigenvalue weighted by Gasteiger charge is 2.45. The number of halogens is 1. The van der Waals surface area contributed by atoms with Gasteiger partial charge in [0.15, 0.2) is 6.23 Å². The molecule has 0 radical (unpaired) electrons. The SMILES string of the molecule is CCCCCCCCCCCCCCCCOCCCOP(C)(=O)OOC[C@H]1O[C@@H](n2ccc3c(NC4CCCC4)nc(Cl)nc32)[C@H](O)[C@@H]1O. The molecular formula is C36H62ClN4O8P. The van der Waals surface area contributed by atoms with Crippen molar-refractivity contribution in [2.45, 2.75) is 160 Å². The number of unbranched alkanes of at least 4 members (excludes halogenated alkanes) is 13. The number of aliphatic hydroxyl groups is 2. The van der Waals surface area contributed by atoms with Crippen LogP contribution in [0.1, 0.15) is 135 Å². The average molecular weight is 745 g/mol. The normalized spacial score (nSPS) is 22.5. The molecule has 1 saturated carbocycles. The molecule has 1 aliphatic heterocycles. The lowest BCUT2D eigenvalue weighted by Gasteiger charge is -2.18. The van der Waals surface area contributed by atoms with Gasteiger partial charge < -0.3 is 34.1 Å². The molecule has 5 atom stereocenters. The summed E-state index contributed by atoms with van der Waals surface area (Å²) in [5.41, 5.74) is 0.467. The first-order chi connectivity index (χ1) is 24.3. The van der Waals surface area contributed by atoms with Crippen molar-refractivity contribution in [1.82, 2.24) is 14.5 Å². The molecule has 0 aromatic carbocycles. The van der Waals surface area contributed by atoms with Gasteiger partial charge in [0.1, 0.15) is 36.4 Å². The monoisotopic (exact) mass is 744 g/mol. The van der Waals surface area contributed by atoms with Crippen molar-refractivity contribution < 1.29 is 38.3 Å². The van der Waals surface area contributed by atoms with Crippen LogP contribution in [0.5, 0.6) is 0 Å². The van der Waals surface area contributed by atoms with Crippen LogP contribution in [0.25, 0.3) is 11.0 Å². The van der Waals surface area contributed by atoms with E-state index in [2.05, 4.69) is 22.2 Å². The van der Waals surface area contributed by atoms with E-state index in [-0.39, 0.29) is 18.5 Å². The number of hydrogen-bond acceptors (Lipinski definition) is 11. The summed E-state index contributed by atoms with van der Waals surface area (Å²) in [6.07, 6.45) is 20.9. The molecule has 2 aliphatic rings. The zero-order chi connectivity index (χ0) is 35.6. The number of nitrogens with zero attached hydrogens (tertiary/aromatic N) is 3. The number of hydrogen-bond donors (Lipinski definition) is 3. The van der Waals surface area contributed by atoms with E-state index in [1.54, 1.807) is 10.8 Å². The minimum atomic E-state index is -3.52. The summed E-state index contributed by atoms with van der Waals surface area (Å²) in [6, 6.07) is 2.15. The standard InChI is InChI=1S/C36H62ClN4O8P/c1-3-4-5-6-7-8-9-10-11-12-13-14-15-18-24-45-25-19-26-47-50(2,44)49-46-27-30-31(42)32(43)35(48-30)41-23-22-29-33(38-28-20-16-17-21-28)39-36(37)40-34(29)41/h22-23,28,30-32,35,42-43H,3-21,24-27H2,1-2H3,(H,38,39,40)/t30-,31-,32-,35-,50?/m1/s1. The largest absolute Gasteiger partial charge is 0.387 e. The quantitative estimate of drug-likeness (QED) is 0.0265. The van der Waals surface area contributed by atoms with Gasteiger partial charge in [-0.15, -0.1) is 4.67 Å². The number of fused-ring (bicyclic) bond motifs is 1. The zero-order valence-electron chi connectivity index (χ0n) is 30.3. The van der Waals surface area contributed by atoms with E-state index >= 15 is 0 Å². The zero-order valence-corrected chi connectivity index (χ0v) is 32.0. The van der Waals surface area contributed by atoms with Crippen molar-refractivity contribution in [2.24, 2.45) is 0 Å². The number of nitrogens with one attached hydrogen (secondary N) is 1. The molecule has 1 aliphatic carbocycles. The molecule has 3 N–H and O–H groups in total. The van der Waals surface area contributed by atoms with Crippen LogP contribution in [0.15, 0.2) is 12.3 Å². The maximum Gasteiger partial charge on any atom is 0.355 e. The van der Waals surface area contributed by atoms with E-state index in [4.69, 9.17) is 35.2 Å². The summed E-state index contributed by atoms with van der Waals surface area (Å²) in [7, 11) is -3.52. The van der Waals surface area contributed by atoms with Crippen LogP contribution in [-0.4, -0.2) is 82.2 Å². The van der Waals surface area contributed by atoms with Gasteiger partial charge in [-0.25, -0.2) is 9.87 Å². The number of anilines is 1. The number of aliphatic hydroxyl groups excluding tert-OH is 2. The molecule has 3 heterocycles. The van der Waals surface area contributed by atoms with Crippen LogP contribution in [0.3, 0.4) is 0 Å². The molecule has 286 valence electrons. The van der Waals surface area contributed by atoms with E-state index < -0.39 is 32.1 Å². The van der Waals surface area contributed by atoms with Gasteiger partial charge in [0.05, 0.1) is 12.0 Å². The first-order valence-electron chi connectivity index (χ1n) is 19.2. The van der Waals surface area contributed by atoms with Crippen LogP contribution < -0.4 is 5.32 Å². The van der Waals surface area contributed by atoms with Gasteiger partial charge >= 0.3 is 7.60 Å². The van der Waals surface area contributed by atoms with Gasteiger partial charge in [-0.3, -0.25) is 4.57 Å². The van der Waals surface area contributed by atoms with Gasteiger partial charge in [0, 0.05) is 32.1 Å². The summed E-state index contributed by atoms with van der Waals surface area (Å²) >= 11 is 6.26. The lowest BCUT2D eigenvalue weighted by Crippen LogP contribution is -2.33. The maximum atomic E-state index is 12.7. The molecule has 0 bridgehead atoms. The summed E-state index contributed by atoms with van der Waals surface area (Å²) in [6.45, 7) is 4.74. The maximum absolute atomic E-state index is 12.7. The molecule has 12 nitrogen and oxygen atoms in total. The number of aromatic nitrogens is 3. The smallest absolute Gasteiger partial charge is 0.355 e. The average Bonchev–Trinajstić information content (AvgIpc) is 3.82. The third-order valence-electron chi connectivity index (χ3n) is 9.67. The van der Waals surface area contributed by atoms with Crippen molar-refractivity contribution in [2.75, 3.05) is 38.4 Å². The van der Waals surface area contributed by atoms with Crippen molar-refractivity contribution in [3.05, 3.63) is 17.5 Å². The van der Waals surface area contributed by atoms with Gasteiger partial charge in [0.2, 0.25) is 5.28 Å². The fourth-order valence-corrected chi connectivity index (χ4v) is 7.71. The van der Waals surface area contributed by atoms with Crippen LogP contribution >= 0.6 is 19.2 Å². The van der Waals surface area contributed by atoms with Crippen molar-refractivity contribution in [1.29, 1.82) is 0 Å². The molecule has 1 saturated heterocycles. The third kappa shape index (κ3) is 13.9. The van der Waals surface area contributed by atoms with Crippen molar-refractivity contribution >= 4 is 36.0 Å². The Labute approximate surface area is 303 Å². The second-order valence-electron chi connectivity index (χ2n) is 14.0.